The molecule has 0 amide bonds. The number of rotatable bonds is 2. The zero-order valence-electron chi connectivity index (χ0n) is 16.4. The van der Waals surface area contributed by atoms with Gasteiger partial charge >= 0.3 is 17.1 Å². The Labute approximate surface area is 163 Å². The first-order valence-electron chi connectivity index (χ1n) is 8.82. The van der Waals surface area contributed by atoms with E-state index in [0.717, 1.165) is 0 Å². The van der Waals surface area contributed by atoms with E-state index in [0.29, 0.717) is 5.67 Å². The molecule has 4 unspecified atom stereocenters. The molecular weight excluding hydrogens is 461 g/mol. The highest BCUT2D eigenvalue weighted by molar-refractivity contribution is 6.93. The SMILES string of the molecule is C[SiH]1O[SiH](C)O[Si](C)(C[Si]2(C)O[SiH](C)O[SiH](C)O[SiH](C)O2)O[SiH](C)O1. The molecule has 0 aromatic carbocycles. The fourth-order valence-electron chi connectivity index (χ4n) is 3.46. The molecule has 0 aliphatic carbocycles. The minimum absolute atomic E-state index is 0.703. The molecule has 8 nitrogen and oxygen atoms in total. The third-order valence-corrected chi connectivity index (χ3v) is 34.5. The minimum Gasteiger partial charge on any atom is -0.420 e. The Morgan fingerprint density at radius 1 is 0.480 bits per heavy atom. The normalized spacial score (nSPS) is 50.4. The molecule has 148 valence electrons. The van der Waals surface area contributed by atoms with E-state index in [2.05, 4.69) is 39.3 Å². The van der Waals surface area contributed by atoms with Gasteiger partial charge in [0.1, 0.15) is 0 Å². The van der Waals surface area contributed by atoms with Crippen molar-refractivity contribution in [1.82, 2.24) is 0 Å². The van der Waals surface area contributed by atoms with Gasteiger partial charge in [-0.15, -0.1) is 0 Å². The summed E-state index contributed by atoms with van der Waals surface area (Å²) in [5, 5.41) is 0. The van der Waals surface area contributed by atoms with Gasteiger partial charge < -0.3 is 32.9 Å². The molecule has 2 aliphatic rings. The van der Waals surface area contributed by atoms with Gasteiger partial charge in [-0.05, 0) is 52.4 Å². The summed E-state index contributed by atoms with van der Waals surface area (Å²) < 4.78 is 49.7. The van der Waals surface area contributed by atoms with Crippen LogP contribution in [0.25, 0.3) is 0 Å². The molecule has 2 fully saturated rings. The molecular formula is C9H32O8Si8. The maximum absolute atomic E-state index is 6.41. The molecule has 2 rings (SSSR count). The Bertz CT molecular complexity index is 382. The van der Waals surface area contributed by atoms with Crippen molar-refractivity contribution in [3.05, 3.63) is 0 Å². The smallest absolute Gasteiger partial charge is 0.318 e. The van der Waals surface area contributed by atoms with E-state index in [1.54, 1.807) is 0 Å². The van der Waals surface area contributed by atoms with Crippen LogP contribution in [-0.2, 0) is 32.9 Å². The lowest BCUT2D eigenvalue weighted by Gasteiger charge is -2.43. The largest absolute Gasteiger partial charge is 0.420 e. The summed E-state index contributed by atoms with van der Waals surface area (Å²) in [5.74, 6) is 0. The third kappa shape index (κ3) is 7.39. The van der Waals surface area contributed by atoms with Gasteiger partial charge in [-0.3, -0.25) is 0 Å². The summed E-state index contributed by atoms with van der Waals surface area (Å²) in [6.07, 6.45) is 0. The highest BCUT2D eigenvalue weighted by atomic mass is 28.5. The first-order chi connectivity index (χ1) is 11.5. The average Bonchev–Trinajstić information content (AvgIpc) is 2.31. The van der Waals surface area contributed by atoms with Gasteiger partial charge in [0.25, 0.3) is 55.7 Å². The second-order valence-corrected chi connectivity index (χ2v) is 27.8. The van der Waals surface area contributed by atoms with Crippen LogP contribution in [-0.4, -0.2) is 72.8 Å². The maximum Gasteiger partial charge on any atom is 0.318 e. The minimum atomic E-state index is -2.50. The van der Waals surface area contributed by atoms with Crippen molar-refractivity contribution in [2.45, 2.75) is 58.0 Å². The molecule has 0 N–H and O–H groups in total. The van der Waals surface area contributed by atoms with Crippen LogP contribution in [0.3, 0.4) is 0 Å². The van der Waals surface area contributed by atoms with E-state index in [-0.39, 0.29) is 0 Å². The number of hydrogen-bond donors (Lipinski definition) is 0. The molecule has 2 saturated heterocycles. The molecule has 0 aromatic rings. The van der Waals surface area contributed by atoms with Crippen molar-refractivity contribution >= 4 is 72.8 Å². The Hall–Kier alpha value is 1.42. The average molecular weight is 493 g/mol. The first kappa shape index (κ1) is 22.7. The summed E-state index contributed by atoms with van der Waals surface area (Å²) >= 11 is 0. The molecule has 0 saturated carbocycles. The second kappa shape index (κ2) is 9.28. The zero-order valence-corrected chi connectivity index (χ0v) is 25.4. The lowest BCUT2D eigenvalue weighted by Crippen LogP contribution is -2.61. The summed E-state index contributed by atoms with van der Waals surface area (Å²) in [5.41, 5.74) is 0.703. The topological polar surface area (TPSA) is 73.8 Å². The van der Waals surface area contributed by atoms with Crippen LogP contribution in [0.1, 0.15) is 0 Å². The van der Waals surface area contributed by atoms with Crippen molar-refractivity contribution in [2.24, 2.45) is 0 Å². The summed E-state index contributed by atoms with van der Waals surface area (Å²) in [7, 11) is -15.3. The van der Waals surface area contributed by atoms with Crippen LogP contribution in [0.2, 0.25) is 58.0 Å². The standard InChI is InChI=1S/C9H32O8Si8/c1-18-10-20(3)14-24(7,15-21(4)11-18)9-25(8)16-22(5)12-19(2)13-23(6)17-25/h18-23H,9H2,1-8H3. The zero-order chi connectivity index (χ0) is 18.8. The van der Waals surface area contributed by atoms with E-state index < -0.39 is 72.8 Å². The van der Waals surface area contributed by atoms with Gasteiger partial charge in [-0.25, -0.2) is 0 Å². The molecule has 25 heavy (non-hydrogen) atoms. The highest BCUT2D eigenvalue weighted by Gasteiger charge is 2.50. The van der Waals surface area contributed by atoms with Crippen molar-refractivity contribution in [1.29, 1.82) is 0 Å². The van der Waals surface area contributed by atoms with Crippen LogP contribution in [0.15, 0.2) is 0 Å². The molecule has 2 heterocycles. The molecule has 0 aromatic heterocycles. The molecule has 2 aliphatic heterocycles. The van der Waals surface area contributed by atoms with E-state index in [9.17, 15) is 0 Å². The van der Waals surface area contributed by atoms with E-state index in [1.165, 1.54) is 0 Å². The first-order valence-corrected chi connectivity index (χ1v) is 26.4. The van der Waals surface area contributed by atoms with E-state index in [1.807, 2.05) is 13.1 Å². The van der Waals surface area contributed by atoms with Gasteiger partial charge in [0, 0.05) is 5.67 Å². The Balaban J connectivity index is 2.14. The lowest BCUT2D eigenvalue weighted by molar-refractivity contribution is 0.262. The summed E-state index contributed by atoms with van der Waals surface area (Å²) in [6, 6.07) is 0. The fourth-order valence-corrected chi connectivity index (χ4v) is 38.3. The van der Waals surface area contributed by atoms with Crippen LogP contribution in [0.4, 0.5) is 0 Å². The van der Waals surface area contributed by atoms with Crippen LogP contribution >= 0.6 is 0 Å². The molecule has 0 bridgehead atoms. The molecule has 0 radical (unpaired) electrons. The summed E-state index contributed by atoms with van der Waals surface area (Å²) in [4.78, 5) is 0. The molecule has 0 spiro atoms. The fraction of sp³-hybridized carbons (Fsp3) is 1.00. The monoisotopic (exact) mass is 492 g/mol. The van der Waals surface area contributed by atoms with Gasteiger partial charge in [-0.2, -0.15) is 0 Å². The highest BCUT2D eigenvalue weighted by Crippen LogP contribution is 2.29. The Morgan fingerprint density at radius 3 is 0.960 bits per heavy atom. The van der Waals surface area contributed by atoms with Crippen molar-refractivity contribution in [3.8, 4) is 0 Å². The van der Waals surface area contributed by atoms with E-state index in [4.69, 9.17) is 32.9 Å². The lowest BCUT2D eigenvalue weighted by atomic mass is 11.8. The molecule has 4 atom stereocenters. The van der Waals surface area contributed by atoms with Gasteiger partial charge in [0.05, 0.1) is 0 Å². The van der Waals surface area contributed by atoms with Crippen LogP contribution in [0.5, 0.6) is 0 Å². The van der Waals surface area contributed by atoms with Gasteiger partial charge in [0.2, 0.25) is 0 Å². The van der Waals surface area contributed by atoms with Crippen LogP contribution in [0, 0.1) is 0 Å². The maximum atomic E-state index is 6.41. The van der Waals surface area contributed by atoms with Crippen LogP contribution < -0.4 is 0 Å². The number of hydrogen-bond acceptors (Lipinski definition) is 8. The quantitative estimate of drug-likeness (QED) is 0.496. The van der Waals surface area contributed by atoms with Crippen molar-refractivity contribution in [3.63, 3.8) is 0 Å². The van der Waals surface area contributed by atoms with Gasteiger partial charge in [-0.1, -0.05) is 0 Å². The Morgan fingerprint density at radius 2 is 0.720 bits per heavy atom. The predicted molar refractivity (Wildman–Crippen MR) is 115 cm³/mol. The second-order valence-electron chi connectivity index (χ2n) is 6.87. The molecule has 16 heteroatoms. The Kier molecular flexibility index (Phi) is 8.42. The van der Waals surface area contributed by atoms with Crippen molar-refractivity contribution in [2.75, 3.05) is 0 Å². The third-order valence-electron chi connectivity index (χ3n) is 3.84. The predicted octanol–water partition coefficient (Wildman–Crippen LogP) is -0.0686. The van der Waals surface area contributed by atoms with Gasteiger partial charge in [0.15, 0.2) is 0 Å². The van der Waals surface area contributed by atoms with Crippen molar-refractivity contribution < 1.29 is 32.9 Å². The van der Waals surface area contributed by atoms with E-state index >= 15 is 0 Å². The summed E-state index contributed by atoms with van der Waals surface area (Å²) in [6.45, 7) is 16.5.